The molecule has 3 nitrogen and oxygen atoms in total. The predicted molar refractivity (Wildman–Crippen MR) is 38.4 cm³/mol. The van der Waals surface area contributed by atoms with E-state index in [1.54, 1.807) is 30.3 Å². The van der Waals surface area contributed by atoms with Crippen LogP contribution in [0.3, 0.4) is 0 Å². The minimum Gasteiger partial charge on any atom is -0.478 e. The monoisotopic (exact) mass is 203 g/mol. The molecule has 0 atom stereocenters. The van der Waals surface area contributed by atoms with Gasteiger partial charge in [0, 0.05) is 19.5 Å². The fourth-order valence-electron chi connectivity index (χ4n) is 0.581. The molecule has 0 aliphatic heterocycles. The second-order valence-corrected chi connectivity index (χ2v) is 1.67. The molecule has 0 aliphatic rings. The zero-order chi connectivity index (χ0) is 6.69. The molecule has 4 N–H and O–H groups in total. The van der Waals surface area contributed by atoms with Crippen LogP contribution in [0.25, 0.3) is 0 Å². The average molecular weight is 205 g/mol. The first kappa shape index (κ1) is 12.9. The molecule has 0 fully saturated rings. The van der Waals surface area contributed by atoms with Gasteiger partial charge in [-0.1, -0.05) is 18.2 Å². The molecule has 0 saturated carbocycles. The molecule has 0 spiro atoms. The van der Waals surface area contributed by atoms with Gasteiger partial charge in [0.05, 0.1) is 5.56 Å². The molecule has 1 aromatic rings. The number of carboxylic acid groups (broad SMARTS) is 1. The Hall–Kier alpha value is -0.727. The summed E-state index contributed by atoms with van der Waals surface area (Å²) in [6.45, 7) is 0. The third kappa shape index (κ3) is 3.86. The van der Waals surface area contributed by atoms with Crippen molar-refractivity contribution in [1.29, 1.82) is 0 Å². The van der Waals surface area contributed by atoms with Crippen LogP contribution in [0.4, 0.5) is 0 Å². The molecule has 0 amide bonds. The van der Waals surface area contributed by atoms with Crippen LogP contribution < -0.4 is 6.15 Å². The molecule has 0 radical (unpaired) electrons. The molecule has 0 heterocycles. The molecule has 56 valence electrons. The van der Waals surface area contributed by atoms with Crippen LogP contribution >= 0.6 is 0 Å². The van der Waals surface area contributed by atoms with Crippen molar-refractivity contribution in [3.8, 4) is 0 Å². The van der Waals surface area contributed by atoms with Crippen molar-refractivity contribution >= 4 is 5.97 Å². The summed E-state index contributed by atoms with van der Waals surface area (Å²) in [7, 11) is 0. The minimum atomic E-state index is -0.879. The summed E-state index contributed by atoms with van der Waals surface area (Å²) >= 11 is 0. The van der Waals surface area contributed by atoms with Gasteiger partial charge in [0.25, 0.3) is 0 Å². The minimum absolute atomic E-state index is 0. The maximum atomic E-state index is 10.2. The number of aromatic carboxylic acids is 1. The normalized spacial score (nSPS) is 7.27. The molecule has 0 bridgehead atoms. The Morgan fingerprint density at radius 3 is 1.91 bits per heavy atom. The first-order valence-electron chi connectivity index (χ1n) is 2.59. The van der Waals surface area contributed by atoms with Crippen LogP contribution in [0.1, 0.15) is 10.4 Å². The van der Waals surface area contributed by atoms with Crippen molar-refractivity contribution in [3.63, 3.8) is 0 Å². The van der Waals surface area contributed by atoms with E-state index in [-0.39, 0.29) is 25.6 Å². The van der Waals surface area contributed by atoms with Gasteiger partial charge in [-0.15, -0.1) is 0 Å². The summed E-state index contributed by atoms with van der Waals surface area (Å²) in [5, 5.41) is 8.38. The van der Waals surface area contributed by atoms with E-state index >= 15 is 0 Å². The number of benzene rings is 1. The van der Waals surface area contributed by atoms with Gasteiger partial charge in [-0.3, -0.25) is 0 Å². The fraction of sp³-hybridized carbons (Fsp3) is 0. The van der Waals surface area contributed by atoms with Crippen molar-refractivity contribution in [2.45, 2.75) is 0 Å². The number of hydrogen-bond donors (Lipinski definition) is 2. The Labute approximate surface area is 77.8 Å². The van der Waals surface area contributed by atoms with Gasteiger partial charge in [-0.25, -0.2) is 4.79 Å². The van der Waals surface area contributed by atoms with Crippen LogP contribution in [-0.4, -0.2) is 11.1 Å². The second kappa shape index (κ2) is 6.01. The van der Waals surface area contributed by atoms with Gasteiger partial charge < -0.3 is 11.3 Å². The molecule has 0 unspecified atom stereocenters. The van der Waals surface area contributed by atoms with E-state index in [0.717, 1.165) is 0 Å². The van der Waals surface area contributed by atoms with Gasteiger partial charge in [-0.2, -0.15) is 0 Å². The van der Waals surface area contributed by atoms with Crippen molar-refractivity contribution in [1.82, 2.24) is 6.15 Å². The summed E-state index contributed by atoms with van der Waals surface area (Å²) in [5.74, 6) is -0.879. The van der Waals surface area contributed by atoms with Gasteiger partial charge in [-0.05, 0) is 12.1 Å². The van der Waals surface area contributed by atoms with E-state index in [9.17, 15) is 4.79 Å². The Morgan fingerprint density at radius 1 is 1.18 bits per heavy atom. The topological polar surface area (TPSA) is 72.3 Å². The van der Waals surface area contributed by atoms with Crippen LogP contribution in [-0.2, 0) is 19.5 Å². The van der Waals surface area contributed by atoms with E-state index < -0.39 is 5.97 Å². The number of carbonyl (C=O) groups is 1. The first-order valence-corrected chi connectivity index (χ1v) is 2.59. The molecular weight excluding hydrogens is 195 g/mol. The van der Waals surface area contributed by atoms with E-state index in [2.05, 4.69) is 0 Å². The third-order valence-electron chi connectivity index (χ3n) is 1.02. The van der Waals surface area contributed by atoms with Gasteiger partial charge in [0.1, 0.15) is 0 Å². The zero-order valence-electron chi connectivity index (χ0n) is 6.16. The van der Waals surface area contributed by atoms with E-state index in [4.69, 9.17) is 5.11 Å². The number of carboxylic acids is 1. The fourth-order valence-corrected chi connectivity index (χ4v) is 0.581. The van der Waals surface area contributed by atoms with Gasteiger partial charge >= 0.3 is 5.97 Å². The van der Waals surface area contributed by atoms with E-state index in [1.807, 2.05) is 0 Å². The Morgan fingerprint density at radius 2 is 1.64 bits per heavy atom. The summed E-state index contributed by atoms with van der Waals surface area (Å²) in [4.78, 5) is 10.2. The molecule has 0 aliphatic carbocycles. The average Bonchev–Trinajstić information content (AvgIpc) is 1.90. The third-order valence-corrected chi connectivity index (χ3v) is 1.02. The van der Waals surface area contributed by atoms with Gasteiger partial charge in [0.15, 0.2) is 0 Å². The van der Waals surface area contributed by atoms with E-state index in [0.29, 0.717) is 5.56 Å². The van der Waals surface area contributed by atoms with Crippen molar-refractivity contribution in [2.75, 3.05) is 0 Å². The molecular formula is C7H9NO2Zn. The predicted octanol–water partition coefficient (Wildman–Crippen LogP) is 1.54. The van der Waals surface area contributed by atoms with Crippen molar-refractivity contribution in [2.24, 2.45) is 0 Å². The first-order chi connectivity index (χ1) is 4.30. The molecule has 11 heavy (non-hydrogen) atoms. The standard InChI is InChI=1S/C7H6O2.H3N.Zn/c8-7(9)6-4-2-1-3-5-6;;/h1-5H,(H,8,9);1H3;. The van der Waals surface area contributed by atoms with Crippen LogP contribution in [0, 0.1) is 0 Å². The SMILES string of the molecule is N.O=C(O)c1ccccc1.[Zn]. The van der Waals surface area contributed by atoms with E-state index in [1.165, 1.54) is 0 Å². The van der Waals surface area contributed by atoms with Crippen LogP contribution in [0.5, 0.6) is 0 Å². The van der Waals surface area contributed by atoms with Crippen LogP contribution in [0.15, 0.2) is 30.3 Å². The quantitative estimate of drug-likeness (QED) is 0.682. The molecule has 1 rings (SSSR count). The summed E-state index contributed by atoms with van der Waals surface area (Å²) in [5.41, 5.74) is 0.331. The Bertz CT molecular complexity index is 213. The molecule has 1 aromatic carbocycles. The summed E-state index contributed by atoms with van der Waals surface area (Å²) < 4.78 is 0. The number of rotatable bonds is 1. The molecule has 0 saturated heterocycles. The maximum absolute atomic E-state index is 10.2. The van der Waals surface area contributed by atoms with Crippen molar-refractivity contribution < 1.29 is 29.4 Å². The number of hydrogen-bond acceptors (Lipinski definition) is 2. The summed E-state index contributed by atoms with van der Waals surface area (Å²) in [6, 6.07) is 8.30. The van der Waals surface area contributed by atoms with Gasteiger partial charge in [0.2, 0.25) is 0 Å². The second-order valence-electron chi connectivity index (χ2n) is 1.67. The molecule has 4 heteroatoms. The zero-order valence-corrected chi connectivity index (χ0v) is 9.12. The largest absolute Gasteiger partial charge is 0.478 e. The van der Waals surface area contributed by atoms with Crippen molar-refractivity contribution in [3.05, 3.63) is 35.9 Å². The maximum Gasteiger partial charge on any atom is 0.335 e. The van der Waals surface area contributed by atoms with Crippen LogP contribution in [0.2, 0.25) is 0 Å². The summed E-state index contributed by atoms with van der Waals surface area (Å²) in [6.07, 6.45) is 0. The molecule has 0 aromatic heterocycles. The Balaban J connectivity index is 0. The Kier molecular flexibility index (Phi) is 7.06. The smallest absolute Gasteiger partial charge is 0.335 e.